The molecule has 18 heavy (non-hydrogen) atoms. The average molecular weight is 272 g/mol. The minimum atomic E-state index is -0.512. The third-order valence-corrected chi connectivity index (χ3v) is 4.28. The van der Waals surface area contributed by atoms with Crippen LogP contribution in [-0.2, 0) is 6.54 Å². The van der Waals surface area contributed by atoms with Gasteiger partial charge >= 0.3 is 0 Å². The number of thioether (sulfide) groups is 1. The molecular weight excluding hydrogens is 254 g/mol. The van der Waals surface area contributed by atoms with Gasteiger partial charge in [-0.25, -0.2) is 8.78 Å². The Kier molecular flexibility index (Phi) is 4.12. The van der Waals surface area contributed by atoms with Gasteiger partial charge in [-0.3, -0.25) is 0 Å². The maximum Gasteiger partial charge on any atom is 0.149 e. The fourth-order valence-corrected chi connectivity index (χ4v) is 3.72. The average Bonchev–Trinajstić information content (AvgIpc) is 2.26. The fourth-order valence-electron chi connectivity index (χ4n) is 2.40. The monoisotopic (exact) mass is 272 g/mol. The Labute approximate surface area is 111 Å². The minimum absolute atomic E-state index is 0.0891. The van der Waals surface area contributed by atoms with E-state index in [2.05, 4.69) is 13.8 Å². The summed E-state index contributed by atoms with van der Waals surface area (Å²) in [5, 5.41) is 0.753. The van der Waals surface area contributed by atoms with E-state index in [9.17, 15) is 8.78 Å². The highest BCUT2D eigenvalue weighted by Crippen LogP contribution is 2.32. The molecular formula is C13H18F2N2S. The second kappa shape index (κ2) is 5.45. The lowest BCUT2D eigenvalue weighted by Gasteiger charge is -2.36. The summed E-state index contributed by atoms with van der Waals surface area (Å²) in [5.41, 5.74) is 5.99. The Bertz CT molecular complexity index is 406. The second-order valence-corrected chi connectivity index (χ2v) is 6.66. The predicted molar refractivity (Wildman–Crippen MR) is 73.0 cm³/mol. The number of halogens is 2. The van der Waals surface area contributed by atoms with E-state index in [-0.39, 0.29) is 12.2 Å². The first kappa shape index (κ1) is 13.6. The van der Waals surface area contributed by atoms with Crippen molar-refractivity contribution in [3.05, 3.63) is 29.3 Å². The summed E-state index contributed by atoms with van der Waals surface area (Å²) < 4.78 is 28.0. The van der Waals surface area contributed by atoms with E-state index in [1.54, 1.807) is 4.90 Å². The van der Waals surface area contributed by atoms with E-state index in [1.165, 1.54) is 12.1 Å². The van der Waals surface area contributed by atoms with Gasteiger partial charge in [0, 0.05) is 30.1 Å². The quantitative estimate of drug-likeness (QED) is 0.897. The molecule has 100 valence electrons. The van der Waals surface area contributed by atoms with Crippen LogP contribution in [0.2, 0.25) is 0 Å². The highest BCUT2D eigenvalue weighted by atomic mass is 32.2. The maximum atomic E-state index is 14.0. The zero-order valence-corrected chi connectivity index (χ0v) is 11.4. The molecule has 1 aromatic rings. The number of hydrogen-bond donors (Lipinski definition) is 1. The van der Waals surface area contributed by atoms with Crippen LogP contribution in [0, 0.1) is 11.6 Å². The Balaban J connectivity index is 2.32. The van der Waals surface area contributed by atoms with Crippen LogP contribution in [0.3, 0.4) is 0 Å². The van der Waals surface area contributed by atoms with Crippen LogP contribution in [0.4, 0.5) is 14.5 Å². The van der Waals surface area contributed by atoms with Crippen molar-refractivity contribution in [2.24, 2.45) is 5.73 Å². The first-order chi connectivity index (χ1) is 8.51. The zero-order chi connectivity index (χ0) is 13.3. The topological polar surface area (TPSA) is 29.3 Å². The zero-order valence-electron chi connectivity index (χ0n) is 10.6. The number of anilines is 1. The molecule has 1 fully saturated rings. The SMILES string of the molecule is CC1CN(c2c(F)cc(CN)cc2F)CC(C)S1. The molecule has 1 aliphatic rings. The molecule has 0 bridgehead atoms. The van der Waals surface area contributed by atoms with Gasteiger partial charge in [-0.05, 0) is 17.7 Å². The van der Waals surface area contributed by atoms with Gasteiger partial charge in [-0.1, -0.05) is 13.8 Å². The normalized spacial score (nSPS) is 24.4. The van der Waals surface area contributed by atoms with Crippen molar-refractivity contribution in [1.29, 1.82) is 0 Å². The number of rotatable bonds is 2. The second-order valence-electron chi connectivity index (χ2n) is 4.77. The molecule has 2 N–H and O–H groups in total. The predicted octanol–water partition coefficient (Wildman–Crippen LogP) is 2.75. The van der Waals surface area contributed by atoms with Crippen LogP contribution < -0.4 is 10.6 Å². The molecule has 1 aromatic carbocycles. The Hall–Kier alpha value is -0.810. The smallest absolute Gasteiger partial charge is 0.149 e. The highest BCUT2D eigenvalue weighted by Gasteiger charge is 2.26. The molecule has 0 spiro atoms. The highest BCUT2D eigenvalue weighted by molar-refractivity contribution is 8.00. The van der Waals surface area contributed by atoms with Crippen LogP contribution in [0.5, 0.6) is 0 Å². The molecule has 1 aliphatic heterocycles. The van der Waals surface area contributed by atoms with E-state index in [0.717, 1.165) is 0 Å². The van der Waals surface area contributed by atoms with E-state index in [4.69, 9.17) is 5.73 Å². The lowest BCUT2D eigenvalue weighted by Crippen LogP contribution is -2.41. The first-order valence-corrected chi connectivity index (χ1v) is 7.04. The molecule has 2 atom stereocenters. The Morgan fingerprint density at radius 2 is 1.72 bits per heavy atom. The van der Waals surface area contributed by atoms with Gasteiger partial charge in [0.2, 0.25) is 0 Å². The van der Waals surface area contributed by atoms with Crippen molar-refractivity contribution >= 4 is 17.4 Å². The van der Waals surface area contributed by atoms with Gasteiger partial charge in [0.05, 0.1) is 0 Å². The van der Waals surface area contributed by atoms with E-state index < -0.39 is 11.6 Å². The fraction of sp³-hybridized carbons (Fsp3) is 0.538. The number of nitrogens with zero attached hydrogens (tertiary/aromatic N) is 1. The van der Waals surface area contributed by atoms with Gasteiger partial charge < -0.3 is 10.6 Å². The summed E-state index contributed by atoms with van der Waals surface area (Å²) in [6.45, 7) is 5.65. The molecule has 0 saturated carbocycles. The molecule has 0 radical (unpaired) electrons. The molecule has 1 saturated heterocycles. The third kappa shape index (κ3) is 2.78. The summed E-state index contributed by atoms with van der Waals surface area (Å²) in [4.78, 5) is 1.80. The third-order valence-electron chi connectivity index (χ3n) is 3.05. The van der Waals surface area contributed by atoms with Crippen molar-refractivity contribution in [1.82, 2.24) is 0 Å². The van der Waals surface area contributed by atoms with Crippen molar-refractivity contribution < 1.29 is 8.78 Å². The van der Waals surface area contributed by atoms with Crippen LogP contribution in [-0.4, -0.2) is 23.6 Å². The lowest BCUT2D eigenvalue weighted by atomic mass is 10.1. The Morgan fingerprint density at radius 3 is 2.17 bits per heavy atom. The first-order valence-electron chi connectivity index (χ1n) is 6.09. The van der Waals surface area contributed by atoms with Gasteiger partial charge in [-0.2, -0.15) is 11.8 Å². The van der Waals surface area contributed by atoms with E-state index in [1.807, 2.05) is 11.8 Å². The largest absolute Gasteiger partial charge is 0.365 e. The van der Waals surface area contributed by atoms with Crippen molar-refractivity contribution in [3.8, 4) is 0 Å². The van der Waals surface area contributed by atoms with Crippen molar-refractivity contribution in [3.63, 3.8) is 0 Å². The molecule has 2 rings (SSSR count). The lowest BCUT2D eigenvalue weighted by molar-refractivity contribution is 0.563. The minimum Gasteiger partial charge on any atom is -0.365 e. The summed E-state index contributed by atoms with van der Waals surface area (Å²) in [6, 6.07) is 2.66. The molecule has 0 amide bonds. The summed E-state index contributed by atoms with van der Waals surface area (Å²) in [5.74, 6) is -1.02. The number of hydrogen-bond acceptors (Lipinski definition) is 3. The molecule has 0 aliphatic carbocycles. The van der Waals surface area contributed by atoms with Crippen LogP contribution >= 0.6 is 11.8 Å². The van der Waals surface area contributed by atoms with Crippen molar-refractivity contribution in [2.45, 2.75) is 30.9 Å². The van der Waals surface area contributed by atoms with Crippen LogP contribution in [0.1, 0.15) is 19.4 Å². The standard InChI is InChI=1S/C13H18F2N2S/c1-8-6-17(7-9(2)18-8)13-11(14)3-10(5-16)4-12(13)15/h3-4,8-9H,5-7,16H2,1-2H3. The van der Waals surface area contributed by atoms with E-state index in [0.29, 0.717) is 29.2 Å². The number of nitrogens with two attached hydrogens (primary N) is 1. The molecule has 1 heterocycles. The number of benzene rings is 1. The summed E-state index contributed by atoms with van der Waals surface area (Å²) >= 11 is 1.85. The molecule has 0 aromatic heterocycles. The summed E-state index contributed by atoms with van der Waals surface area (Å²) in [6.07, 6.45) is 0. The van der Waals surface area contributed by atoms with Gasteiger partial charge in [0.15, 0.2) is 0 Å². The van der Waals surface area contributed by atoms with Gasteiger partial charge in [0.25, 0.3) is 0 Å². The molecule has 2 nitrogen and oxygen atoms in total. The van der Waals surface area contributed by atoms with Crippen molar-refractivity contribution in [2.75, 3.05) is 18.0 Å². The Morgan fingerprint density at radius 1 is 1.22 bits per heavy atom. The van der Waals surface area contributed by atoms with E-state index >= 15 is 0 Å². The van der Waals surface area contributed by atoms with Gasteiger partial charge in [-0.15, -0.1) is 0 Å². The molecule has 5 heteroatoms. The maximum absolute atomic E-state index is 14.0. The van der Waals surface area contributed by atoms with Crippen LogP contribution in [0.15, 0.2) is 12.1 Å². The molecule has 2 unspecified atom stereocenters. The van der Waals surface area contributed by atoms with Crippen LogP contribution in [0.25, 0.3) is 0 Å². The van der Waals surface area contributed by atoms with Gasteiger partial charge in [0.1, 0.15) is 17.3 Å². The summed E-state index contributed by atoms with van der Waals surface area (Å²) in [7, 11) is 0.